The summed E-state index contributed by atoms with van der Waals surface area (Å²) in [5.74, 6) is 0.309. The number of thiophene rings is 2. The molecule has 0 N–H and O–H groups in total. The van der Waals surface area contributed by atoms with Crippen molar-refractivity contribution in [1.82, 2.24) is 4.40 Å². The van der Waals surface area contributed by atoms with Crippen molar-refractivity contribution in [1.29, 1.82) is 0 Å². The van der Waals surface area contributed by atoms with Crippen molar-refractivity contribution in [3.05, 3.63) is 206 Å². The maximum atomic E-state index is 15.3. The van der Waals surface area contributed by atoms with Gasteiger partial charge in [-0.3, -0.25) is 9.59 Å². The smallest absolute Gasteiger partial charge is 0.171 e. The third kappa shape index (κ3) is 2.72. The molecule has 0 saturated carbocycles. The van der Waals surface area contributed by atoms with Gasteiger partial charge in [-0.05, 0) is 92.0 Å². The Morgan fingerprint density at radius 3 is 1.26 bits per heavy atom. The highest BCUT2D eigenvalue weighted by Gasteiger charge is 2.70. The molecule has 2 spiro atoms. The molecule has 0 aliphatic heterocycles. The fourth-order valence-electron chi connectivity index (χ4n) is 15.1. The highest BCUT2D eigenvalue weighted by molar-refractivity contribution is 7.33. The molecular weight excluding hydrogens is 783 g/mol. The maximum Gasteiger partial charge on any atom is 0.171 e. The molecule has 4 heterocycles. The number of hydrogen-bond acceptors (Lipinski definition) is 4. The summed E-state index contributed by atoms with van der Waals surface area (Å²) in [6.45, 7) is 0. The summed E-state index contributed by atoms with van der Waals surface area (Å²) in [7, 11) is 0. The second kappa shape index (κ2) is 9.15. The van der Waals surface area contributed by atoms with Crippen molar-refractivity contribution in [3.63, 3.8) is 0 Å². The highest BCUT2D eigenvalue weighted by atomic mass is 32.1. The standard InChI is InChI=1S/C56H27NO2S2/c58-51-30-22-38-32(20-28(30)46-24-10-1-5-14-34(24)55(46)36-16-7-3-12-26(36)48(51)55)42-50-43(54-45-44-40(60-53(42)45)18-9-19-41(44)61-54)33-21-29-31(23-39(33)57(38)50)52(59)49-27-13-4-8-17-37(27)56(49)35-15-6-2-11-25(35)47(29)56/h1-23,46-49H. The van der Waals surface area contributed by atoms with Gasteiger partial charge in [-0.15, -0.1) is 22.7 Å². The van der Waals surface area contributed by atoms with Gasteiger partial charge in [-0.2, -0.15) is 0 Å². The Labute approximate surface area is 354 Å². The third-order valence-electron chi connectivity index (χ3n) is 17.0. The van der Waals surface area contributed by atoms with Crippen molar-refractivity contribution >= 4 is 102 Å². The van der Waals surface area contributed by atoms with Crippen molar-refractivity contribution in [2.24, 2.45) is 0 Å². The Morgan fingerprint density at radius 2 is 0.820 bits per heavy atom. The summed E-state index contributed by atoms with van der Waals surface area (Å²) in [6.07, 6.45) is 0. The van der Waals surface area contributed by atoms with E-state index >= 15 is 9.59 Å². The number of Topliss-reactive ketones (excluding diaryl/α,β-unsaturated/α-hetero) is 2. The Hall–Kier alpha value is -6.66. The van der Waals surface area contributed by atoms with Gasteiger partial charge in [0, 0.05) is 84.9 Å². The molecule has 6 aliphatic rings. The Morgan fingerprint density at radius 1 is 0.410 bits per heavy atom. The van der Waals surface area contributed by atoms with Gasteiger partial charge in [0.2, 0.25) is 0 Å². The number of hydrogen-bond donors (Lipinski definition) is 0. The second-order valence-corrected chi connectivity index (χ2v) is 20.9. The number of aromatic nitrogens is 1. The predicted molar refractivity (Wildman–Crippen MR) is 246 cm³/mol. The first-order chi connectivity index (χ1) is 30.1. The van der Waals surface area contributed by atoms with Gasteiger partial charge in [-0.25, -0.2) is 0 Å². The van der Waals surface area contributed by atoms with Crippen LogP contribution in [0.3, 0.4) is 0 Å². The number of carbonyl (C=O) groups is 2. The third-order valence-corrected chi connectivity index (χ3v) is 19.3. The first-order valence-electron chi connectivity index (χ1n) is 21.5. The molecule has 280 valence electrons. The SMILES string of the molecule is O=C1c2cc3c(cc2C2c4ccccc4C24c2ccccc2C14)c1c2sc4cccc5sc(c2c45)c2c4cc5c(cc4n3c12)C(=O)C1c2ccccc2C12c1ccccc1C52. The predicted octanol–water partition coefficient (Wildman–Crippen LogP) is 13.3. The van der Waals surface area contributed by atoms with Gasteiger partial charge in [0.1, 0.15) is 0 Å². The van der Waals surface area contributed by atoms with E-state index in [1.54, 1.807) is 0 Å². The van der Waals surface area contributed by atoms with E-state index in [-0.39, 0.29) is 46.1 Å². The van der Waals surface area contributed by atoms with Gasteiger partial charge in [0.25, 0.3) is 0 Å². The Balaban J connectivity index is 1.01. The van der Waals surface area contributed by atoms with Crippen LogP contribution in [0.4, 0.5) is 0 Å². The minimum atomic E-state index is -0.318. The van der Waals surface area contributed by atoms with E-state index in [1.807, 2.05) is 22.7 Å². The van der Waals surface area contributed by atoms with E-state index in [4.69, 9.17) is 0 Å². The van der Waals surface area contributed by atoms with E-state index < -0.39 is 0 Å². The lowest BCUT2D eigenvalue weighted by Crippen LogP contribution is -2.61. The van der Waals surface area contributed by atoms with E-state index in [2.05, 4.69) is 144 Å². The molecule has 0 saturated heterocycles. The molecule has 6 unspecified atom stereocenters. The minimum absolute atomic E-state index is 0.115. The van der Waals surface area contributed by atoms with Crippen LogP contribution in [0.1, 0.15) is 100 Å². The van der Waals surface area contributed by atoms with Crippen LogP contribution < -0.4 is 0 Å². The number of nitrogens with zero attached hydrogens (tertiary/aromatic N) is 1. The normalized spacial score (nSPS) is 25.6. The van der Waals surface area contributed by atoms with Gasteiger partial charge < -0.3 is 4.40 Å². The van der Waals surface area contributed by atoms with Crippen LogP contribution >= 0.6 is 22.7 Å². The molecule has 0 radical (unpaired) electrons. The average Bonchev–Trinajstić information content (AvgIpc) is 4.02. The lowest BCUT2D eigenvalue weighted by molar-refractivity contribution is 0.0839. The molecule has 18 rings (SSSR count). The van der Waals surface area contributed by atoms with Gasteiger partial charge in [0.05, 0.1) is 28.4 Å². The van der Waals surface area contributed by atoms with Crippen LogP contribution in [-0.2, 0) is 10.8 Å². The van der Waals surface area contributed by atoms with Crippen LogP contribution in [0.2, 0.25) is 0 Å². The van der Waals surface area contributed by atoms with Gasteiger partial charge in [0.15, 0.2) is 11.6 Å². The molecule has 0 bridgehead atoms. The van der Waals surface area contributed by atoms with Crippen LogP contribution in [0, 0.1) is 0 Å². The molecule has 8 aromatic carbocycles. The molecule has 5 heteroatoms. The first-order valence-corrected chi connectivity index (χ1v) is 23.1. The largest absolute Gasteiger partial charge is 0.308 e. The molecule has 61 heavy (non-hydrogen) atoms. The molecule has 6 atom stereocenters. The molecule has 4 aromatic heterocycles. The van der Waals surface area contributed by atoms with Gasteiger partial charge >= 0.3 is 0 Å². The zero-order chi connectivity index (χ0) is 39.2. The lowest BCUT2D eigenvalue weighted by Gasteiger charge is -2.64. The summed E-state index contributed by atoms with van der Waals surface area (Å²) < 4.78 is 7.78. The summed E-state index contributed by atoms with van der Waals surface area (Å²) in [5, 5.41) is 7.72. The van der Waals surface area contributed by atoms with E-state index in [0.717, 1.165) is 33.3 Å². The van der Waals surface area contributed by atoms with Gasteiger partial charge in [-0.1, -0.05) is 103 Å². The second-order valence-electron chi connectivity index (χ2n) is 18.8. The Bertz CT molecular complexity index is 3960. The zero-order valence-electron chi connectivity index (χ0n) is 32.2. The number of ketones is 2. The molecule has 0 amide bonds. The number of carbonyl (C=O) groups excluding carboxylic acids is 2. The highest BCUT2D eigenvalue weighted by Crippen LogP contribution is 2.75. The average molecular weight is 810 g/mol. The molecule has 0 fully saturated rings. The van der Waals surface area contributed by atoms with Crippen molar-refractivity contribution in [2.45, 2.75) is 34.5 Å². The maximum absolute atomic E-state index is 15.3. The number of benzene rings is 8. The van der Waals surface area contributed by atoms with E-state index in [1.165, 1.54) is 101 Å². The lowest BCUT2D eigenvalue weighted by atomic mass is 9.36. The summed E-state index contributed by atoms with van der Waals surface area (Å²) in [6, 6.07) is 51.3. The van der Waals surface area contributed by atoms with E-state index in [0.29, 0.717) is 0 Å². The van der Waals surface area contributed by atoms with Crippen LogP contribution in [0.5, 0.6) is 0 Å². The fraction of sp³-hybridized carbons (Fsp3) is 0.107. The molecular formula is C56H27NO2S2. The van der Waals surface area contributed by atoms with Crippen molar-refractivity contribution < 1.29 is 9.59 Å². The summed E-state index contributed by atoms with van der Waals surface area (Å²) in [4.78, 5) is 30.5. The summed E-state index contributed by atoms with van der Waals surface area (Å²) >= 11 is 3.83. The summed E-state index contributed by atoms with van der Waals surface area (Å²) in [5.41, 5.74) is 17.1. The van der Waals surface area contributed by atoms with Crippen LogP contribution in [0.25, 0.3) is 67.7 Å². The fourth-order valence-corrected chi connectivity index (χ4v) is 17.8. The number of rotatable bonds is 0. The van der Waals surface area contributed by atoms with E-state index in [9.17, 15) is 0 Å². The minimum Gasteiger partial charge on any atom is -0.308 e. The molecule has 3 nitrogen and oxygen atoms in total. The van der Waals surface area contributed by atoms with Crippen LogP contribution in [-0.4, -0.2) is 16.0 Å². The first kappa shape index (κ1) is 30.4. The van der Waals surface area contributed by atoms with Crippen molar-refractivity contribution in [3.8, 4) is 0 Å². The molecule has 12 aromatic rings. The quantitative estimate of drug-likeness (QED) is 0.153. The Kier molecular flexibility index (Phi) is 4.56. The monoisotopic (exact) mass is 809 g/mol. The zero-order valence-corrected chi connectivity index (χ0v) is 33.8. The molecule has 6 aliphatic carbocycles. The number of fused-ring (bicyclic) bond motifs is 20. The van der Waals surface area contributed by atoms with Crippen LogP contribution in [0.15, 0.2) is 140 Å². The topological polar surface area (TPSA) is 38.5 Å². The van der Waals surface area contributed by atoms with Crippen molar-refractivity contribution in [2.75, 3.05) is 0 Å².